The minimum absolute atomic E-state index is 0.129. The van der Waals surface area contributed by atoms with Crippen molar-refractivity contribution < 1.29 is 10.2 Å². The van der Waals surface area contributed by atoms with E-state index in [-0.39, 0.29) is 6.10 Å². The van der Waals surface area contributed by atoms with Crippen LogP contribution in [0.15, 0.2) is 0 Å². The van der Waals surface area contributed by atoms with Gasteiger partial charge in [-0.25, -0.2) is 0 Å². The zero-order valence-corrected chi connectivity index (χ0v) is 6.79. The smallest absolute Gasteiger partial charge is 0.0652 e. The number of aliphatic hydroxyl groups excluding tert-OH is 1. The molecule has 0 aromatic carbocycles. The van der Waals surface area contributed by atoms with Crippen LogP contribution in [-0.4, -0.2) is 21.9 Å². The molecule has 3 unspecified atom stereocenters. The van der Waals surface area contributed by atoms with Crippen LogP contribution in [0.3, 0.4) is 0 Å². The summed E-state index contributed by atoms with van der Waals surface area (Å²) < 4.78 is 0. The van der Waals surface area contributed by atoms with Crippen LogP contribution in [0.1, 0.15) is 38.5 Å². The van der Waals surface area contributed by atoms with Crippen LogP contribution in [0.2, 0.25) is 0 Å². The van der Waals surface area contributed by atoms with Crippen molar-refractivity contribution in [2.75, 3.05) is 0 Å². The number of aliphatic hydroxyl groups is 2. The van der Waals surface area contributed by atoms with Gasteiger partial charge in [-0.05, 0) is 38.0 Å². The Morgan fingerprint density at radius 3 is 2.73 bits per heavy atom. The summed E-state index contributed by atoms with van der Waals surface area (Å²) in [5.41, 5.74) is -0.401. The molecule has 2 nitrogen and oxygen atoms in total. The van der Waals surface area contributed by atoms with Crippen LogP contribution < -0.4 is 0 Å². The molecule has 0 amide bonds. The minimum Gasteiger partial charge on any atom is -0.393 e. The third kappa shape index (κ3) is 1.30. The van der Waals surface area contributed by atoms with Gasteiger partial charge < -0.3 is 10.2 Å². The van der Waals surface area contributed by atoms with Crippen molar-refractivity contribution in [2.24, 2.45) is 5.92 Å². The molecule has 0 radical (unpaired) electrons. The molecular weight excluding hydrogens is 140 g/mol. The highest BCUT2D eigenvalue weighted by atomic mass is 16.3. The lowest BCUT2D eigenvalue weighted by Gasteiger charge is -2.43. The molecule has 2 bridgehead atoms. The topological polar surface area (TPSA) is 40.5 Å². The van der Waals surface area contributed by atoms with E-state index in [0.29, 0.717) is 5.92 Å². The minimum atomic E-state index is -0.401. The summed E-state index contributed by atoms with van der Waals surface area (Å²) in [6.07, 6.45) is 5.49. The molecule has 2 rings (SSSR count). The van der Waals surface area contributed by atoms with Crippen molar-refractivity contribution in [2.45, 2.75) is 50.2 Å². The molecule has 2 heteroatoms. The second-order valence-corrected chi connectivity index (χ2v) is 4.19. The Hall–Kier alpha value is -0.0800. The Balaban J connectivity index is 2.09. The van der Waals surface area contributed by atoms with Crippen molar-refractivity contribution in [3.63, 3.8) is 0 Å². The van der Waals surface area contributed by atoms with Crippen molar-refractivity contribution in [3.05, 3.63) is 0 Å². The van der Waals surface area contributed by atoms with Gasteiger partial charge in [0.25, 0.3) is 0 Å². The molecule has 64 valence electrons. The largest absolute Gasteiger partial charge is 0.393 e. The molecule has 2 saturated carbocycles. The molecule has 0 aromatic rings. The fourth-order valence-corrected chi connectivity index (χ4v) is 2.59. The van der Waals surface area contributed by atoms with Gasteiger partial charge in [0.05, 0.1) is 11.7 Å². The lowest BCUT2D eigenvalue weighted by molar-refractivity contribution is -0.0920. The second-order valence-electron chi connectivity index (χ2n) is 4.19. The van der Waals surface area contributed by atoms with E-state index in [2.05, 4.69) is 0 Å². The molecule has 2 aliphatic carbocycles. The molecule has 2 N–H and O–H groups in total. The molecule has 2 aliphatic rings. The van der Waals surface area contributed by atoms with E-state index in [1.165, 1.54) is 0 Å². The van der Waals surface area contributed by atoms with Crippen molar-refractivity contribution in [3.8, 4) is 0 Å². The first-order valence-corrected chi connectivity index (χ1v) is 4.60. The molecule has 0 aliphatic heterocycles. The highest BCUT2D eigenvalue weighted by Crippen LogP contribution is 2.42. The Labute approximate surface area is 67.2 Å². The Morgan fingerprint density at radius 1 is 1.18 bits per heavy atom. The van der Waals surface area contributed by atoms with E-state index >= 15 is 0 Å². The maximum Gasteiger partial charge on any atom is 0.0652 e. The molecule has 11 heavy (non-hydrogen) atoms. The fraction of sp³-hybridized carbons (Fsp3) is 1.00. The Kier molecular flexibility index (Phi) is 1.69. The van der Waals surface area contributed by atoms with E-state index in [0.717, 1.165) is 38.5 Å². The van der Waals surface area contributed by atoms with Crippen LogP contribution in [0.25, 0.3) is 0 Å². The quantitative estimate of drug-likeness (QED) is 0.550. The molecule has 2 fully saturated rings. The summed E-state index contributed by atoms with van der Waals surface area (Å²) in [7, 11) is 0. The van der Waals surface area contributed by atoms with E-state index in [1.54, 1.807) is 0 Å². The van der Waals surface area contributed by atoms with E-state index in [9.17, 15) is 10.2 Å². The number of fused-ring (bicyclic) bond motifs is 2. The van der Waals surface area contributed by atoms with Gasteiger partial charge in [-0.3, -0.25) is 0 Å². The number of hydrogen-bond acceptors (Lipinski definition) is 2. The van der Waals surface area contributed by atoms with Crippen LogP contribution >= 0.6 is 0 Å². The number of rotatable bonds is 0. The maximum absolute atomic E-state index is 9.91. The lowest BCUT2D eigenvalue weighted by atomic mass is 9.68. The predicted octanol–water partition coefficient (Wildman–Crippen LogP) is 1.06. The summed E-state index contributed by atoms with van der Waals surface area (Å²) >= 11 is 0. The summed E-state index contributed by atoms with van der Waals surface area (Å²) in [4.78, 5) is 0. The average Bonchev–Trinajstić information content (AvgIpc) is 1.99. The van der Waals surface area contributed by atoms with Crippen LogP contribution in [0, 0.1) is 5.92 Å². The standard InChI is InChI=1S/C9H16O2/c10-8-3-5-9(11)4-1-2-7(8)6-9/h7-8,10-11H,1-6H2. The van der Waals surface area contributed by atoms with Gasteiger partial charge >= 0.3 is 0 Å². The molecule has 0 spiro atoms. The molecular formula is C9H16O2. The summed E-state index contributed by atoms with van der Waals surface area (Å²) in [6, 6.07) is 0. The number of hydrogen-bond donors (Lipinski definition) is 2. The van der Waals surface area contributed by atoms with Crippen LogP contribution in [0.4, 0.5) is 0 Å². The van der Waals surface area contributed by atoms with Crippen molar-refractivity contribution in [1.29, 1.82) is 0 Å². The van der Waals surface area contributed by atoms with Crippen LogP contribution in [0.5, 0.6) is 0 Å². The second kappa shape index (κ2) is 2.46. The lowest BCUT2D eigenvalue weighted by Crippen LogP contribution is -2.44. The SMILES string of the molecule is OC1CCC2(O)CCCC1C2. The summed E-state index contributed by atoms with van der Waals surface area (Å²) in [6.45, 7) is 0. The zero-order chi connectivity index (χ0) is 7.90. The molecule has 0 aromatic heterocycles. The third-order valence-electron chi connectivity index (χ3n) is 3.31. The molecule has 0 heterocycles. The predicted molar refractivity (Wildman–Crippen MR) is 42.1 cm³/mol. The summed E-state index contributed by atoms with van der Waals surface area (Å²) in [5.74, 6) is 0.391. The zero-order valence-electron chi connectivity index (χ0n) is 6.79. The first kappa shape index (κ1) is 7.56. The van der Waals surface area contributed by atoms with Gasteiger partial charge in [-0.2, -0.15) is 0 Å². The Morgan fingerprint density at radius 2 is 2.00 bits per heavy atom. The van der Waals surface area contributed by atoms with Crippen molar-refractivity contribution in [1.82, 2.24) is 0 Å². The van der Waals surface area contributed by atoms with E-state index < -0.39 is 5.60 Å². The van der Waals surface area contributed by atoms with Gasteiger partial charge in [-0.15, -0.1) is 0 Å². The fourth-order valence-electron chi connectivity index (χ4n) is 2.59. The van der Waals surface area contributed by atoms with Gasteiger partial charge in [0, 0.05) is 0 Å². The molecule has 0 saturated heterocycles. The first-order chi connectivity index (χ1) is 5.20. The van der Waals surface area contributed by atoms with Gasteiger partial charge in [0.15, 0.2) is 0 Å². The van der Waals surface area contributed by atoms with Crippen molar-refractivity contribution >= 4 is 0 Å². The normalized spacial score (nSPS) is 50.7. The average molecular weight is 156 g/mol. The highest BCUT2D eigenvalue weighted by molar-refractivity contribution is 4.93. The highest BCUT2D eigenvalue weighted by Gasteiger charge is 2.41. The Bertz CT molecular complexity index is 158. The monoisotopic (exact) mass is 156 g/mol. The van der Waals surface area contributed by atoms with Crippen LogP contribution in [-0.2, 0) is 0 Å². The van der Waals surface area contributed by atoms with E-state index in [1.807, 2.05) is 0 Å². The summed E-state index contributed by atoms with van der Waals surface area (Å²) in [5, 5.41) is 19.4. The van der Waals surface area contributed by atoms with Gasteiger partial charge in [0.1, 0.15) is 0 Å². The first-order valence-electron chi connectivity index (χ1n) is 4.60. The van der Waals surface area contributed by atoms with Gasteiger partial charge in [0.2, 0.25) is 0 Å². The van der Waals surface area contributed by atoms with E-state index in [4.69, 9.17) is 0 Å². The maximum atomic E-state index is 9.91. The van der Waals surface area contributed by atoms with Gasteiger partial charge in [-0.1, -0.05) is 6.42 Å². The molecule has 3 atom stereocenters. The third-order valence-corrected chi connectivity index (χ3v) is 3.31.